The van der Waals surface area contributed by atoms with Crippen LogP contribution in [-0.2, 0) is 6.54 Å². The predicted molar refractivity (Wildman–Crippen MR) is 66.7 cm³/mol. The maximum atomic E-state index is 9.12. The van der Waals surface area contributed by atoms with Gasteiger partial charge in [0, 0.05) is 19.2 Å². The summed E-state index contributed by atoms with van der Waals surface area (Å²) in [5.74, 6) is 0. The van der Waals surface area contributed by atoms with Crippen LogP contribution in [0.5, 0.6) is 0 Å². The topological polar surface area (TPSA) is 40.2 Å². The summed E-state index contributed by atoms with van der Waals surface area (Å²) in [6, 6.07) is 10.1. The molecule has 0 spiro atoms. The van der Waals surface area contributed by atoms with E-state index in [1.807, 2.05) is 43.1 Å². The minimum absolute atomic E-state index is 0.705. The molecular weight excluding hydrogens is 212 g/mol. The second-order valence-electron chi connectivity index (χ2n) is 4.12. The number of nitrogens with zero attached hydrogens (tertiary/aromatic N) is 2. The van der Waals surface area contributed by atoms with E-state index in [0.29, 0.717) is 5.56 Å². The molecule has 17 heavy (non-hydrogen) atoms. The molecule has 0 aliphatic carbocycles. The van der Waals surface area contributed by atoms with Crippen molar-refractivity contribution >= 4 is 5.69 Å². The van der Waals surface area contributed by atoms with Crippen LogP contribution in [0.1, 0.15) is 16.7 Å². The Morgan fingerprint density at radius 3 is 2.82 bits per heavy atom. The van der Waals surface area contributed by atoms with Gasteiger partial charge >= 0.3 is 0 Å². The van der Waals surface area contributed by atoms with Crippen molar-refractivity contribution in [2.24, 2.45) is 0 Å². The smallest absolute Gasteiger partial charge is 0.101 e. The number of benzene rings is 1. The average molecular weight is 226 g/mol. The predicted octanol–water partition coefficient (Wildman–Crippen LogP) is 3.10. The van der Waals surface area contributed by atoms with Crippen LogP contribution in [0, 0.1) is 18.3 Å². The first-order valence-corrected chi connectivity index (χ1v) is 5.43. The Morgan fingerprint density at radius 2 is 2.18 bits per heavy atom. The van der Waals surface area contributed by atoms with Gasteiger partial charge in [-0.25, -0.2) is 0 Å². The number of anilines is 1. The lowest BCUT2D eigenvalue weighted by Crippen LogP contribution is -2.17. The molecule has 0 fully saturated rings. The fourth-order valence-electron chi connectivity index (χ4n) is 1.81. The zero-order valence-corrected chi connectivity index (χ0v) is 9.97. The second-order valence-corrected chi connectivity index (χ2v) is 4.12. The van der Waals surface area contributed by atoms with Crippen molar-refractivity contribution in [2.45, 2.75) is 13.5 Å². The van der Waals surface area contributed by atoms with Crippen LogP contribution < -0.4 is 4.90 Å². The van der Waals surface area contributed by atoms with Gasteiger partial charge in [0.15, 0.2) is 0 Å². The van der Waals surface area contributed by atoms with Crippen LogP contribution in [-0.4, -0.2) is 7.05 Å². The maximum absolute atomic E-state index is 9.12. The summed E-state index contributed by atoms with van der Waals surface area (Å²) >= 11 is 0. The second kappa shape index (κ2) is 4.75. The highest BCUT2D eigenvalue weighted by molar-refractivity contribution is 5.60. The van der Waals surface area contributed by atoms with Gasteiger partial charge in [0.2, 0.25) is 0 Å². The largest absolute Gasteiger partial charge is 0.472 e. The number of hydrogen-bond donors (Lipinski definition) is 0. The third-order valence-corrected chi connectivity index (χ3v) is 2.68. The third-order valence-electron chi connectivity index (χ3n) is 2.68. The molecule has 3 nitrogen and oxygen atoms in total. The van der Waals surface area contributed by atoms with Gasteiger partial charge in [0.25, 0.3) is 0 Å². The molecule has 0 bridgehead atoms. The van der Waals surface area contributed by atoms with Crippen LogP contribution in [0.2, 0.25) is 0 Å². The molecule has 0 aliphatic rings. The van der Waals surface area contributed by atoms with Gasteiger partial charge in [-0.3, -0.25) is 0 Å². The van der Waals surface area contributed by atoms with Crippen molar-refractivity contribution in [3.8, 4) is 6.07 Å². The summed E-state index contributed by atoms with van der Waals surface area (Å²) in [5.41, 5.74) is 3.84. The summed E-state index contributed by atoms with van der Waals surface area (Å²) in [6.45, 7) is 2.72. The van der Waals surface area contributed by atoms with E-state index < -0.39 is 0 Å². The van der Waals surface area contributed by atoms with Crippen LogP contribution >= 0.6 is 0 Å². The van der Waals surface area contributed by atoms with Crippen molar-refractivity contribution in [3.63, 3.8) is 0 Å². The highest BCUT2D eigenvalue weighted by Gasteiger charge is 2.08. The molecular formula is C14H14N2O. The van der Waals surface area contributed by atoms with Crippen LogP contribution in [0.25, 0.3) is 0 Å². The Balaban J connectivity index is 2.25. The quantitative estimate of drug-likeness (QED) is 0.807. The molecule has 0 saturated carbocycles. The molecule has 0 radical (unpaired) electrons. The minimum Gasteiger partial charge on any atom is -0.472 e. The highest BCUT2D eigenvalue weighted by Crippen LogP contribution is 2.21. The number of hydrogen-bond acceptors (Lipinski definition) is 3. The standard InChI is InChI=1S/C14H14N2O/c1-11-3-4-14(13(7-11)8-15)16(2)9-12-5-6-17-10-12/h3-7,10H,9H2,1-2H3. The van der Waals surface area contributed by atoms with E-state index in [4.69, 9.17) is 9.68 Å². The van der Waals surface area contributed by atoms with E-state index in [9.17, 15) is 0 Å². The van der Waals surface area contributed by atoms with Gasteiger partial charge < -0.3 is 9.32 Å². The number of furan rings is 1. The van der Waals surface area contributed by atoms with Crippen molar-refractivity contribution in [1.82, 2.24) is 0 Å². The van der Waals surface area contributed by atoms with E-state index in [1.54, 1.807) is 12.5 Å². The van der Waals surface area contributed by atoms with E-state index in [-0.39, 0.29) is 0 Å². The Kier molecular flexibility index (Phi) is 3.15. The van der Waals surface area contributed by atoms with Crippen molar-refractivity contribution < 1.29 is 4.42 Å². The Hall–Kier alpha value is -2.21. The van der Waals surface area contributed by atoms with Crippen molar-refractivity contribution in [2.75, 3.05) is 11.9 Å². The molecule has 0 N–H and O–H groups in total. The summed E-state index contributed by atoms with van der Waals surface area (Å²) in [6.07, 6.45) is 3.38. The van der Waals surface area contributed by atoms with Crippen molar-refractivity contribution in [3.05, 3.63) is 53.5 Å². The number of aryl methyl sites for hydroxylation is 1. The average Bonchev–Trinajstić information content (AvgIpc) is 2.81. The molecule has 1 aromatic carbocycles. The first kappa shape index (κ1) is 11.3. The van der Waals surface area contributed by atoms with Gasteiger partial charge in [-0.1, -0.05) is 6.07 Å². The number of nitriles is 1. The summed E-state index contributed by atoms with van der Waals surface area (Å²) < 4.78 is 5.04. The molecule has 3 heteroatoms. The SMILES string of the molecule is Cc1ccc(N(C)Cc2ccoc2)c(C#N)c1. The molecule has 1 heterocycles. The molecule has 2 aromatic rings. The Labute approximate surface area is 101 Å². The lowest BCUT2D eigenvalue weighted by atomic mass is 10.1. The fourth-order valence-corrected chi connectivity index (χ4v) is 1.81. The lowest BCUT2D eigenvalue weighted by Gasteiger charge is -2.19. The van der Waals surface area contributed by atoms with E-state index in [2.05, 4.69) is 6.07 Å². The van der Waals surface area contributed by atoms with E-state index in [1.165, 1.54) is 0 Å². The van der Waals surface area contributed by atoms with Gasteiger partial charge in [0.1, 0.15) is 6.07 Å². The maximum Gasteiger partial charge on any atom is 0.101 e. The number of rotatable bonds is 3. The van der Waals surface area contributed by atoms with Gasteiger partial charge in [-0.2, -0.15) is 5.26 Å². The molecule has 0 atom stereocenters. The lowest BCUT2D eigenvalue weighted by molar-refractivity contribution is 0.563. The molecule has 86 valence electrons. The van der Waals surface area contributed by atoms with Gasteiger partial charge in [-0.15, -0.1) is 0 Å². The monoisotopic (exact) mass is 226 g/mol. The molecule has 0 aliphatic heterocycles. The molecule has 2 rings (SSSR count). The van der Waals surface area contributed by atoms with Crippen LogP contribution in [0.15, 0.2) is 41.2 Å². The molecule has 0 saturated heterocycles. The summed E-state index contributed by atoms with van der Waals surface area (Å²) in [4.78, 5) is 2.04. The molecule has 0 amide bonds. The Morgan fingerprint density at radius 1 is 1.35 bits per heavy atom. The third kappa shape index (κ3) is 2.48. The highest BCUT2D eigenvalue weighted by atomic mass is 16.3. The van der Waals surface area contributed by atoms with Crippen LogP contribution in [0.4, 0.5) is 5.69 Å². The first-order valence-electron chi connectivity index (χ1n) is 5.43. The summed E-state index contributed by atoms with van der Waals surface area (Å²) in [7, 11) is 1.97. The Bertz CT molecular complexity index is 538. The summed E-state index contributed by atoms with van der Waals surface area (Å²) in [5, 5.41) is 9.12. The van der Waals surface area contributed by atoms with E-state index >= 15 is 0 Å². The molecule has 0 unspecified atom stereocenters. The fraction of sp³-hybridized carbons (Fsp3) is 0.214. The van der Waals surface area contributed by atoms with E-state index in [0.717, 1.165) is 23.4 Å². The van der Waals surface area contributed by atoms with Gasteiger partial charge in [0.05, 0.1) is 23.8 Å². The zero-order chi connectivity index (χ0) is 12.3. The van der Waals surface area contributed by atoms with Crippen molar-refractivity contribution in [1.29, 1.82) is 5.26 Å². The zero-order valence-electron chi connectivity index (χ0n) is 9.97. The minimum atomic E-state index is 0.705. The van der Waals surface area contributed by atoms with Gasteiger partial charge in [-0.05, 0) is 30.7 Å². The molecule has 1 aromatic heterocycles. The first-order chi connectivity index (χ1) is 8.20. The normalized spacial score (nSPS) is 9.94. The van der Waals surface area contributed by atoms with Crippen LogP contribution in [0.3, 0.4) is 0 Å².